The summed E-state index contributed by atoms with van der Waals surface area (Å²) < 4.78 is 0. The van der Waals surface area contributed by atoms with Gasteiger partial charge in [0, 0.05) is 31.9 Å². The summed E-state index contributed by atoms with van der Waals surface area (Å²) in [5, 5.41) is 8.94. The van der Waals surface area contributed by atoms with Gasteiger partial charge in [-0.3, -0.25) is 0 Å². The Labute approximate surface area is 102 Å². The molecule has 1 aliphatic rings. The monoisotopic (exact) mass is 236 g/mol. The first-order valence-electron chi connectivity index (χ1n) is 6.13. The third kappa shape index (κ3) is 2.92. The molecule has 0 bridgehead atoms. The van der Waals surface area contributed by atoms with Crippen LogP contribution < -0.4 is 10.6 Å². The fraction of sp³-hybridized carbons (Fsp3) is 0.667. The highest BCUT2D eigenvalue weighted by Gasteiger charge is 2.24. The summed E-state index contributed by atoms with van der Waals surface area (Å²) in [7, 11) is 0. The normalized spacial score (nSPS) is 19.9. The van der Waals surface area contributed by atoms with Gasteiger partial charge in [-0.05, 0) is 31.7 Å². The first-order valence-corrected chi connectivity index (χ1v) is 6.13. The number of nitrogens with two attached hydrogens (primary N) is 1. The molecule has 0 spiro atoms. The van der Waals surface area contributed by atoms with Gasteiger partial charge in [-0.15, -0.1) is 0 Å². The average Bonchev–Trinajstić information content (AvgIpc) is 2.77. The van der Waals surface area contributed by atoms with Gasteiger partial charge in [0.1, 0.15) is 0 Å². The van der Waals surface area contributed by atoms with E-state index in [4.69, 9.17) is 10.8 Å². The zero-order valence-electron chi connectivity index (χ0n) is 10.3. The molecule has 0 saturated carbocycles. The summed E-state index contributed by atoms with van der Waals surface area (Å²) in [5.74, 6) is 1.34. The maximum Gasteiger partial charge on any atom is 0.225 e. The lowest BCUT2D eigenvalue weighted by Gasteiger charge is -2.17. The maximum atomic E-state index is 8.94. The number of hydrogen-bond acceptors (Lipinski definition) is 5. The standard InChI is InChI=1S/C12H20N4O/c1-9-6-11(7-13)15-12(14-9)16-4-2-10(8-16)3-5-17/h6,10,17H,2-5,7-8,13H2,1H3. The quantitative estimate of drug-likeness (QED) is 0.794. The second-order valence-corrected chi connectivity index (χ2v) is 4.62. The molecule has 0 aromatic carbocycles. The van der Waals surface area contributed by atoms with Crippen molar-refractivity contribution in [2.75, 3.05) is 24.6 Å². The van der Waals surface area contributed by atoms with E-state index in [9.17, 15) is 0 Å². The van der Waals surface area contributed by atoms with Crippen molar-refractivity contribution in [2.45, 2.75) is 26.3 Å². The van der Waals surface area contributed by atoms with Crippen LogP contribution >= 0.6 is 0 Å². The Bertz CT molecular complexity index is 383. The second kappa shape index (κ2) is 5.42. The molecule has 5 nitrogen and oxygen atoms in total. The molecule has 1 fully saturated rings. The van der Waals surface area contributed by atoms with Crippen LogP contribution in [0.15, 0.2) is 6.07 Å². The zero-order chi connectivity index (χ0) is 12.3. The van der Waals surface area contributed by atoms with E-state index in [-0.39, 0.29) is 6.61 Å². The highest BCUT2D eigenvalue weighted by Crippen LogP contribution is 2.23. The van der Waals surface area contributed by atoms with Gasteiger partial charge in [-0.2, -0.15) is 0 Å². The first-order chi connectivity index (χ1) is 8.22. The lowest BCUT2D eigenvalue weighted by Crippen LogP contribution is -2.23. The minimum absolute atomic E-state index is 0.265. The number of rotatable bonds is 4. The van der Waals surface area contributed by atoms with Gasteiger partial charge >= 0.3 is 0 Å². The van der Waals surface area contributed by atoms with Gasteiger partial charge in [0.15, 0.2) is 0 Å². The van der Waals surface area contributed by atoms with Crippen LogP contribution in [0.4, 0.5) is 5.95 Å². The second-order valence-electron chi connectivity index (χ2n) is 4.62. The first kappa shape index (κ1) is 12.3. The van der Waals surface area contributed by atoms with Crippen LogP contribution in [0.1, 0.15) is 24.2 Å². The third-order valence-corrected chi connectivity index (χ3v) is 3.21. The molecule has 2 heterocycles. The van der Waals surface area contributed by atoms with Gasteiger partial charge in [0.2, 0.25) is 5.95 Å². The van der Waals surface area contributed by atoms with Crippen LogP contribution in [-0.2, 0) is 6.54 Å². The summed E-state index contributed by atoms with van der Waals surface area (Å²) in [6.45, 7) is 4.59. The molecule has 1 aromatic rings. The molecule has 1 aromatic heterocycles. The Balaban J connectivity index is 2.10. The van der Waals surface area contributed by atoms with Crippen molar-refractivity contribution in [3.05, 3.63) is 17.5 Å². The van der Waals surface area contributed by atoms with Crippen LogP contribution in [0.5, 0.6) is 0 Å². The summed E-state index contributed by atoms with van der Waals surface area (Å²) in [4.78, 5) is 11.1. The molecule has 0 aliphatic carbocycles. The molecule has 1 atom stereocenters. The molecule has 1 saturated heterocycles. The fourth-order valence-electron chi connectivity index (χ4n) is 2.30. The number of nitrogens with zero attached hydrogens (tertiary/aromatic N) is 3. The molecule has 0 radical (unpaired) electrons. The number of aromatic nitrogens is 2. The number of anilines is 1. The van der Waals surface area contributed by atoms with Crippen molar-refractivity contribution in [3.63, 3.8) is 0 Å². The van der Waals surface area contributed by atoms with Crippen molar-refractivity contribution >= 4 is 5.95 Å². The van der Waals surface area contributed by atoms with E-state index >= 15 is 0 Å². The lowest BCUT2D eigenvalue weighted by molar-refractivity contribution is 0.263. The summed E-state index contributed by atoms with van der Waals surface area (Å²) in [6.07, 6.45) is 1.97. The van der Waals surface area contributed by atoms with Crippen molar-refractivity contribution in [3.8, 4) is 0 Å². The van der Waals surface area contributed by atoms with Crippen LogP contribution in [-0.4, -0.2) is 34.8 Å². The van der Waals surface area contributed by atoms with E-state index in [2.05, 4.69) is 14.9 Å². The van der Waals surface area contributed by atoms with Crippen molar-refractivity contribution in [2.24, 2.45) is 11.7 Å². The summed E-state index contributed by atoms with van der Waals surface area (Å²) >= 11 is 0. The molecule has 5 heteroatoms. The van der Waals surface area contributed by atoms with Gasteiger partial charge in [-0.1, -0.05) is 0 Å². The highest BCUT2D eigenvalue weighted by molar-refractivity contribution is 5.33. The number of aliphatic hydroxyl groups excluding tert-OH is 1. The van der Waals surface area contributed by atoms with Crippen LogP contribution in [0.3, 0.4) is 0 Å². The van der Waals surface area contributed by atoms with E-state index in [1.807, 2.05) is 13.0 Å². The molecular weight excluding hydrogens is 216 g/mol. The number of hydrogen-bond donors (Lipinski definition) is 2. The number of aliphatic hydroxyl groups is 1. The molecule has 94 valence electrons. The lowest BCUT2D eigenvalue weighted by atomic mass is 10.1. The Morgan fingerprint density at radius 3 is 3.06 bits per heavy atom. The molecule has 2 rings (SSSR count). The molecule has 1 aliphatic heterocycles. The minimum atomic E-state index is 0.265. The Kier molecular flexibility index (Phi) is 3.91. The Morgan fingerprint density at radius 2 is 2.35 bits per heavy atom. The summed E-state index contributed by atoms with van der Waals surface area (Å²) in [6, 6.07) is 1.92. The predicted octanol–water partition coefficient (Wildman–Crippen LogP) is 0.452. The SMILES string of the molecule is Cc1cc(CN)nc(N2CCC(CCO)C2)n1. The van der Waals surface area contributed by atoms with E-state index in [1.165, 1.54) is 0 Å². The van der Waals surface area contributed by atoms with Crippen LogP contribution in [0.2, 0.25) is 0 Å². The third-order valence-electron chi connectivity index (χ3n) is 3.21. The minimum Gasteiger partial charge on any atom is -0.396 e. The van der Waals surface area contributed by atoms with E-state index in [0.29, 0.717) is 12.5 Å². The highest BCUT2D eigenvalue weighted by atomic mass is 16.3. The zero-order valence-corrected chi connectivity index (χ0v) is 10.3. The summed E-state index contributed by atoms with van der Waals surface area (Å²) in [5.41, 5.74) is 7.47. The van der Waals surface area contributed by atoms with Crippen LogP contribution in [0.25, 0.3) is 0 Å². The van der Waals surface area contributed by atoms with E-state index < -0.39 is 0 Å². The van der Waals surface area contributed by atoms with Crippen molar-refractivity contribution < 1.29 is 5.11 Å². The molecule has 3 N–H and O–H groups in total. The van der Waals surface area contributed by atoms with E-state index in [1.54, 1.807) is 0 Å². The molecule has 1 unspecified atom stereocenters. The number of aryl methyl sites for hydroxylation is 1. The van der Waals surface area contributed by atoms with Gasteiger partial charge in [0.25, 0.3) is 0 Å². The van der Waals surface area contributed by atoms with Crippen molar-refractivity contribution in [1.29, 1.82) is 0 Å². The largest absolute Gasteiger partial charge is 0.396 e. The van der Waals surface area contributed by atoms with Gasteiger partial charge < -0.3 is 15.7 Å². The van der Waals surface area contributed by atoms with Gasteiger partial charge in [0.05, 0.1) is 5.69 Å². The fourth-order valence-corrected chi connectivity index (χ4v) is 2.30. The predicted molar refractivity (Wildman–Crippen MR) is 66.7 cm³/mol. The van der Waals surface area contributed by atoms with Crippen LogP contribution in [0, 0.1) is 12.8 Å². The van der Waals surface area contributed by atoms with Crippen molar-refractivity contribution in [1.82, 2.24) is 9.97 Å². The Hall–Kier alpha value is -1.20. The molecule has 17 heavy (non-hydrogen) atoms. The topological polar surface area (TPSA) is 75.3 Å². The maximum absolute atomic E-state index is 8.94. The smallest absolute Gasteiger partial charge is 0.225 e. The molecule has 0 amide bonds. The Morgan fingerprint density at radius 1 is 1.53 bits per heavy atom. The van der Waals surface area contributed by atoms with Gasteiger partial charge in [-0.25, -0.2) is 9.97 Å². The molecular formula is C12H20N4O. The average molecular weight is 236 g/mol. The van der Waals surface area contributed by atoms with E-state index in [0.717, 1.165) is 43.3 Å².